The molecule has 8 nitrogen and oxygen atoms in total. The van der Waals surface area contributed by atoms with Gasteiger partial charge in [0.05, 0.1) is 10.6 Å². The van der Waals surface area contributed by atoms with Crippen LogP contribution in [-0.2, 0) is 14.4 Å². The number of hydrogen-bond acceptors (Lipinski definition) is 6. The van der Waals surface area contributed by atoms with Crippen molar-refractivity contribution in [2.75, 3.05) is 5.32 Å². The van der Waals surface area contributed by atoms with Crippen molar-refractivity contribution in [2.24, 2.45) is 4.99 Å². The number of anilines is 1. The van der Waals surface area contributed by atoms with Crippen LogP contribution in [0, 0.1) is 0 Å². The molecule has 0 saturated carbocycles. The predicted octanol–water partition coefficient (Wildman–Crippen LogP) is 3.78. The molecule has 0 bridgehead atoms. The summed E-state index contributed by atoms with van der Waals surface area (Å²) in [6.07, 6.45) is 1.10. The van der Waals surface area contributed by atoms with Crippen LogP contribution in [0.5, 0.6) is 5.75 Å². The van der Waals surface area contributed by atoms with E-state index >= 15 is 0 Å². The van der Waals surface area contributed by atoms with Crippen LogP contribution in [0.1, 0.15) is 25.8 Å². The number of hydrogen-bond donors (Lipinski definition) is 3. The molecule has 0 spiro atoms. The Labute approximate surface area is 183 Å². The van der Waals surface area contributed by atoms with E-state index in [-0.39, 0.29) is 11.8 Å². The summed E-state index contributed by atoms with van der Waals surface area (Å²) in [7, 11) is 0. The molecule has 1 atom stereocenters. The molecular weight excluding hydrogens is 418 g/mol. The second-order valence-electron chi connectivity index (χ2n) is 6.64. The van der Waals surface area contributed by atoms with Gasteiger partial charge in [0.2, 0.25) is 5.91 Å². The van der Waals surface area contributed by atoms with Gasteiger partial charge in [-0.2, -0.15) is 0 Å². The standard InChI is InChI=1S/C22H21N3O5S/c1-3-18(21(28)29)30-17-6-4-5-14(11-17)12-19-20(27)25-22(31-19)24-16-9-7-15(8-10-16)23-13(2)26/h4-12,18H,3H2,1-2H3,(H,23,26)(H,28,29)(H,24,25,27)/b19-12+. The third kappa shape index (κ3) is 6.19. The van der Waals surface area contributed by atoms with Crippen LogP contribution in [0.4, 0.5) is 11.4 Å². The van der Waals surface area contributed by atoms with E-state index in [1.54, 1.807) is 61.5 Å². The highest BCUT2D eigenvalue weighted by Gasteiger charge is 2.24. The van der Waals surface area contributed by atoms with Crippen molar-refractivity contribution in [3.8, 4) is 5.75 Å². The number of amides is 2. The van der Waals surface area contributed by atoms with Crippen LogP contribution in [0.2, 0.25) is 0 Å². The van der Waals surface area contributed by atoms with E-state index in [0.717, 1.165) is 0 Å². The van der Waals surface area contributed by atoms with Crippen molar-refractivity contribution >= 4 is 52.2 Å². The fraction of sp³-hybridized carbons (Fsp3) is 0.182. The Morgan fingerprint density at radius 3 is 2.65 bits per heavy atom. The zero-order valence-electron chi connectivity index (χ0n) is 16.9. The lowest BCUT2D eigenvalue weighted by molar-refractivity contribution is -0.145. The van der Waals surface area contributed by atoms with Crippen molar-refractivity contribution in [3.05, 3.63) is 59.0 Å². The highest BCUT2D eigenvalue weighted by molar-refractivity contribution is 8.18. The van der Waals surface area contributed by atoms with Crippen LogP contribution < -0.4 is 15.4 Å². The van der Waals surface area contributed by atoms with Crippen molar-refractivity contribution in [1.82, 2.24) is 5.32 Å². The third-order valence-electron chi connectivity index (χ3n) is 4.15. The molecule has 0 radical (unpaired) electrons. The third-order valence-corrected chi connectivity index (χ3v) is 5.06. The van der Waals surface area contributed by atoms with Crippen LogP contribution in [0.15, 0.2) is 58.4 Å². The first-order valence-electron chi connectivity index (χ1n) is 9.51. The molecule has 31 heavy (non-hydrogen) atoms. The van der Waals surface area contributed by atoms with Crippen LogP contribution in [-0.4, -0.2) is 34.2 Å². The van der Waals surface area contributed by atoms with E-state index < -0.39 is 12.1 Å². The summed E-state index contributed by atoms with van der Waals surface area (Å²) in [4.78, 5) is 39.4. The summed E-state index contributed by atoms with van der Waals surface area (Å²) in [5.74, 6) is -1.04. The smallest absolute Gasteiger partial charge is 0.344 e. The van der Waals surface area contributed by atoms with E-state index in [2.05, 4.69) is 15.6 Å². The minimum absolute atomic E-state index is 0.157. The van der Waals surface area contributed by atoms with Crippen LogP contribution >= 0.6 is 11.8 Å². The average molecular weight is 439 g/mol. The number of carbonyl (C=O) groups excluding carboxylic acids is 2. The summed E-state index contributed by atoms with van der Waals surface area (Å²) < 4.78 is 5.50. The Morgan fingerprint density at radius 2 is 2.00 bits per heavy atom. The molecule has 2 amide bonds. The molecule has 0 aromatic heterocycles. The Hall–Kier alpha value is -3.59. The summed E-state index contributed by atoms with van der Waals surface area (Å²) in [6.45, 7) is 3.17. The molecule has 1 aliphatic rings. The molecule has 2 aromatic carbocycles. The number of aliphatic imine (C=N–C) groups is 1. The molecule has 1 unspecified atom stereocenters. The Balaban J connectivity index is 1.72. The largest absolute Gasteiger partial charge is 0.479 e. The number of aliphatic carboxylic acids is 1. The molecule has 3 N–H and O–H groups in total. The number of amidine groups is 1. The van der Waals surface area contributed by atoms with Gasteiger partial charge in [-0.25, -0.2) is 9.79 Å². The molecule has 160 valence electrons. The maximum atomic E-state index is 12.3. The maximum absolute atomic E-state index is 12.3. The van der Waals surface area contributed by atoms with E-state index in [4.69, 9.17) is 9.84 Å². The number of nitrogens with zero attached hydrogens (tertiary/aromatic N) is 1. The number of ether oxygens (including phenoxy) is 1. The zero-order chi connectivity index (χ0) is 22.4. The van der Waals surface area contributed by atoms with Crippen molar-refractivity contribution in [2.45, 2.75) is 26.4 Å². The first kappa shape index (κ1) is 22.1. The van der Waals surface area contributed by atoms with Gasteiger partial charge in [-0.05, 0) is 66.2 Å². The number of carboxylic acids is 1. The maximum Gasteiger partial charge on any atom is 0.344 e. The van der Waals surface area contributed by atoms with E-state index in [1.165, 1.54) is 18.7 Å². The molecule has 2 aromatic rings. The zero-order valence-corrected chi connectivity index (χ0v) is 17.7. The minimum Gasteiger partial charge on any atom is -0.479 e. The Kier molecular flexibility index (Phi) is 7.09. The summed E-state index contributed by atoms with van der Waals surface area (Å²) in [6, 6.07) is 13.8. The van der Waals surface area contributed by atoms with Gasteiger partial charge in [-0.15, -0.1) is 0 Å². The lowest BCUT2D eigenvalue weighted by Crippen LogP contribution is -2.25. The lowest BCUT2D eigenvalue weighted by Gasteiger charge is -2.13. The van der Waals surface area contributed by atoms with Gasteiger partial charge in [0.15, 0.2) is 11.3 Å². The molecule has 1 aliphatic heterocycles. The normalized spacial score (nSPS) is 16.8. The second-order valence-corrected chi connectivity index (χ2v) is 7.67. The SMILES string of the molecule is CCC(Oc1cccc(/C=C2/SC(=Nc3ccc(NC(C)=O)cc3)NC2=O)c1)C(=O)O. The lowest BCUT2D eigenvalue weighted by atomic mass is 10.2. The monoisotopic (exact) mass is 439 g/mol. The number of benzene rings is 2. The van der Waals surface area contributed by atoms with Gasteiger partial charge >= 0.3 is 5.97 Å². The van der Waals surface area contributed by atoms with Crippen molar-refractivity contribution < 1.29 is 24.2 Å². The van der Waals surface area contributed by atoms with Gasteiger partial charge in [0.1, 0.15) is 5.75 Å². The van der Waals surface area contributed by atoms with Crippen LogP contribution in [0.25, 0.3) is 6.08 Å². The highest BCUT2D eigenvalue weighted by atomic mass is 32.2. The Bertz CT molecular complexity index is 1060. The Morgan fingerprint density at radius 1 is 1.26 bits per heavy atom. The van der Waals surface area contributed by atoms with Crippen molar-refractivity contribution in [3.63, 3.8) is 0 Å². The van der Waals surface area contributed by atoms with Gasteiger partial charge < -0.3 is 20.5 Å². The fourth-order valence-electron chi connectivity index (χ4n) is 2.72. The molecule has 0 aliphatic carbocycles. The molecule has 1 saturated heterocycles. The number of carboxylic acid groups (broad SMARTS) is 1. The van der Waals surface area contributed by atoms with Gasteiger partial charge in [-0.1, -0.05) is 19.1 Å². The summed E-state index contributed by atoms with van der Waals surface area (Å²) in [5, 5.41) is 15.0. The number of nitrogens with one attached hydrogen (secondary N) is 2. The number of carbonyl (C=O) groups is 3. The average Bonchev–Trinajstić information content (AvgIpc) is 3.06. The van der Waals surface area contributed by atoms with Crippen molar-refractivity contribution in [1.29, 1.82) is 0 Å². The first-order chi connectivity index (χ1) is 14.8. The number of rotatable bonds is 7. The van der Waals surface area contributed by atoms with E-state index in [9.17, 15) is 14.4 Å². The van der Waals surface area contributed by atoms with Crippen LogP contribution in [0.3, 0.4) is 0 Å². The fourth-order valence-corrected chi connectivity index (χ4v) is 3.56. The van der Waals surface area contributed by atoms with E-state index in [0.29, 0.717) is 39.2 Å². The molecule has 9 heteroatoms. The van der Waals surface area contributed by atoms with Gasteiger partial charge in [0.25, 0.3) is 5.91 Å². The molecule has 1 fully saturated rings. The molecular formula is C22H21N3O5S. The van der Waals surface area contributed by atoms with E-state index in [1.807, 2.05) is 0 Å². The molecule has 1 heterocycles. The van der Waals surface area contributed by atoms with Gasteiger partial charge in [-0.3, -0.25) is 9.59 Å². The van der Waals surface area contributed by atoms with Gasteiger partial charge in [0, 0.05) is 12.6 Å². The topological polar surface area (TPSA) is 117 Å². The first-order valence-corrected chi connectivity index (χ1v) is 10.3. The number of thioether (sulfide) groups is 1. The minimum atomic E-state index is -1.03. The summed E-state index contributed by atoms with van der Waals surface area (Å²) >= 11 is 1.20. The highest BCUT2D eigenvalue weighted by Crippen LogP contribution is 2.29. The predicted molar refractivity (Wildman–Crippen MR) is 120 cm³/mol. The second kappa shape index (κ2) is 9.94. The quantitative estimate of drug-likeness (QED) is 0.565. The summed E-state index contributed by atoms with van der Waals surface area (Å²) in [5.41, 5.74) is 2.00. The molecule has 3 rings (SSSR count).